The van der Waals surface area contributed by atoms with E-state index in [0.29, 0.717) is 19.3 Å². The molecule has 0 amide bonds. The minimum absolute atomic E-state index is 0.0669. The minimum atomic E-state index is -0.766. The predicted octanol–water partition coefficient (Wildman–Crippen LogP) is 18.2. The molecule has 1 atom stereocenters. The molecule has 6 heteroatoms. The van der Waals surface area contributed by atoms with Gasteiger partial charge in [-0.3, -0.25) is 14.4 Å². The van der Waals surface area contributed by atoms with Crippen LogP contribution >= 0.6 is 0 Å². The molecule has 0 fully saturated rings. The smallest absolute Gasteiger partial charge is 0.306 e. The molecule has 0 aromatic rings. The van der Waals surface area contributed by atoms with E-state index >= 15 is 0 Å². The molecule has 366 valence electrons. The van der Waals surface area contributed by atoms with Crippen LogP contribution in [0.2, 0.25) is 0 Å². The predicted molar refractivity (Wildman–Crippen MR) is 266 cm³/mol. The molecular weight excluding hydrogens is 769 g/mol. The van der Waals surface area contributed by atoms with Gasteiger partial charge < -0.3 is 14.2 Å². The zero-order chi connectivity index (χ0) is 45.1. The van der Waals surface area contributed by atoms with Crippen LogP contribution in [0, 0.1) is 0 Å². The summed E-state index contributed by atoms with van der Waals surface area (Å²) in [5.41, 5.74) is 0. The zero-order valence-corrected chi connectivity index (χ0v) is 41.9. The van der Waals surface area contributed by atoms with Gasteiger partial charge in [0, 0.05) is 19.3 Å². The standard InChI is InChI=1S/C56H106O6/c1-4-7-10-13-16-19-22-24-26-27-28-29-30-32-34-37-40-43-46-49-55(58)61-52-53(51-60-54(57)48-45-42-39-36-33-21-18-15-12-9-6-3)62-56(59)50-47-44-41-38-35-31-25-23-20-17-14-11-8-5-2/h15,18,53H,4-14,16-17,19-52H2,1-3H3/b18-15-. The zero-order valence-electron chi connectivity index (χ0n) is 41.9. The summed E-state index contributed by atoms with van der Waals surface area (Å²) in [7, 11) is 0. The van der Waals surface area contributed by atoms with Gasteiger partial charge in [0.2, 0.25) is 0 Å². The normalized spacial score (nSPS) is 12.0. The van der Waals surface area contributed by atoms with Gasteiger partial charge in [-0.05, 0) is 38.5 Å². The van der Waals surface area contributed by atoms with Crippen molar-refractivity contribution in [3.63, 3.8) is 0 Å². The first-order valence-electron chi connectivity index (χ1n) is 27.7. The summed E-state index contributed by atoms with van der Waals surface area (Å²) >= 11 is 0. The first-order valence-corrected chi connectivity index (χ1v) is 27.7. The third-order valence-electron chi connectivity index (χ3n) is 12.5. The fourth-order valence-corrected chi connectivity index (χ4v) is 8.31. The van der Waals surface area contributed by atoms with Crippen LogP contribution in [0.15, 0.2) is 12.2 Å². The molecule has 0 aliphatic heterocycles. The van der Waals surface area contributed by atoms with Gasteiger partial charge in [0.05, 0.1) is 0 Å². The fraction of sp³-hybridized carbons (Fsp3) is 0.911. The number of hydrogen-bond acceptors (Lipinski definition) is 6. The van der Waals surface area contributed by atoms with E-state index in [1.54, 1.807) is 0 Å². The van der Waals surface area contributed by atoms with Gasteiger partial charge in [0.15, 0.2) is 6.10 Å². The molecule has 0 aliphatic carbocycles. The maximum atomic E-state index is 12.8. The van der Waals surface area contributed by atoms with Crippen LogP contribution in [0.1, 0.15) is 310 Å². The number of esters is 3. The lowest BCUT2D eigenvalue weighted by atomic mass is 10.0. The van der Waals surface area contributed by atoms with Gasteiger partial charge in [-0.2, -0.15) is 0 Å². The fourth-order valence-electron chi connectivity index (χ4n) is 8.31. The lowest BCUT2D eigenvalue weighted by molar-refractivity contribution is -0.167. The average molecular weight is 875 g/mol. The first kappa shape index (κ1) is 60.2. The summed E-state index contributed by atoms with van der Waals surface area (Å²) in [5, 5.41) is 0. The molecule has 6 nitrogen and oxygen atoms in total. The molecule has 0 bridgehead atoms. The number of hydrogen-bond donors (Lipinski definition) is 0. The summed E-state index contributed by atoms with van der Waals surface area (Å²) in [6.45, 7) is 6.64. The third-order valence-corrected chi connectivity index (χ3v) is 12.5. The Kier molecular flexibility index (Phi) is 50.2. The van der Waals surface area contributed by atoms with Crippen molar-refractivity contribution in [1.82, 2.24) is 0 Å². The van der Waals surface area contributed by atoms with Crippen molar-refractivity contribution in [2.24, 2.45) is 0 Å². The van der Waals surface area contributed by atoms with Crippen LogP contribution in [-0.2, 0) is 28.6 Å². The van der Waals surface area contributed by atoms with Crippen molar-refractivity contribution in [3.8, 4) is 0 Å². The molecule has 0 saturated carbocycles. The summed E-state index contributed by atoms with van der Waals surface area (Å²) in [6, 6.07) is 0. The Morgan fingerprint density at radius 3 is 0.855 bits per heavy atom. The van der Waals surface area contributed by atoms with Gasteiger partial charge in [-0.15, -0.1) is 0 Å². The van der Waals surface area contributed by atoms with E-state index in [2.05, 4.69) is 32.9 Å². The highest BCUT2D eigenvalue weighted by Crippen LogP contribution is 2.17. The number of allylic oxidation sites excluding steroid dienone is 2. The summed E-state index contributed by atoms with van der Waals surface area (Å²) < 4.78 is 16.8. The number of rotatable bonds is 51. The number of carbonyl (C=O) groups is 3. The summed E-state index contributed by atoms with van der Waals surface area (Å²) in [4.78, 5) is 38.0. The van der Waals surface area contributed by atoms with Gasteiger partial charge in [-0.25, -0.2) is 0 Å². The van der Waals surface area contributed by atoms with Gasteiger partial charge >= 0.3 is 17.9 Å². The number of carbonyl (C=O) groups excluding carboxylic acids is 3. The van der Waals surface area contributed by atoms with Gasteiger partial charge in [-0.1, -0.05) is 264 Å². The third kappa shape index (κ3) is 49.2. The lowest BCUT2D eigenvalue weighted by Gasteiger charge is -2.18. The molecule has 0 heterocycles. The van der Waals surface area contributed by atoms with Crippen molar-refractivity contribution in [2.45, 2.75) is 316 Å². The highest BCUT2D eigenvalue weighted by atomic mass is 16.6. The van der Waals surface area contributed by atoms with Gasteiger partial charge in [0.1, 0.15) is 13.2 Å². The van der Waals surface area contributed by atoms with Crippen molar-refractivity contribution >= 4 is 17.9 Å². The minimum Gasteiger partial charge on any atom is -0.462 e. The van der Waals surface area contributed by atoms with E-state index in [1.807, 2.05) is 0 Å². The Morgan fingerprint density at radius 2 is 0.548 bits per heavy atom. The molecule has 62 heavy (non-hydrogen) atoms. The van der Waals surface area contributed by atoms with Crippen LogP contribution in [0.3, 0.4) is 0 Å². The van der Waals surface area contributed by atoms with E-state index < -0.39 is 6.10 Å². The van der Waals surface area contributed by atoms with E-state index in [-0.39, 0.29) is 31.1 Å². The quantitative estimate of drug-likeness (QED) is 0.0262. The molecule has 0 N–H and O–H groups in total. The second-order valence-electron chi connectivity index (χ2n) is 18.9. The Hall–Kier alpha value is -1.85. The van der Waals surface area contributed by atoms with Gasteiger partial charge in [0.25, 0.3) is 0 Å². The van der Waals surface area contributed by atoms with E-state index in [1.165, 1.54) is 205 Å². The van der Waals surface area contributed by atoms with Crippen LogP contribution in [-0.4, -0.2) is 37.2 Å². The topological polar surface area (TPSA) is 78.9 Å². The molecule has 0 saturated heterocycles. The van der Waals surface area contributed by atoms with Crippen molar-refractivity contribution in [2.75, 3.05) is 13.2 Å². The van der Waals surface area contributed by atoms with Crippen LogP contribution in [0.25, 0.3) is 0 Å². The molecular formula is C56H106O6. The van der Waals surface area contributed by atoms with E-state index in [0.717, 1.165) is 64.2 Å². The summed E-state index contributed by atoms with van der Waals surface area (Å²) in [5.74, 6) is -0.856. The number of ether oxygens (including phenoxy) is 3. The highest BCUT2D eigenvalue weighted by molar-refractivity contribution is 5.71. The Bertz CT molecular complexity index is 962. The van der Waals surface area contributed by atoms with Crippen LogP contribution in [0.4, 0.5) is 0 Å². The van der Waals surface area contributed by atoms with Crippen LogP contribution in [0.5, 0.6) is 0 Å². The number of unbranched alkanes of at least 4 members (excludes halogenated alkanes) is 38. The highest BCUT2D eigenvalue weighted by Gasteiger charge is 2.19. The average Bonchev–Trinajstić information content (AvgIpc) is 3.27. The molecule has 0 spiro atoms. The Morgan fingerprint density at radius 1 is 0.306 bits per heavy atom. The SMILES string of the molecule is CCCC/C=C\CCCCCCCC(=O)OCC(COC(=O)CCCCCCCCCCCCCCCCCCCCC)OC(=O)CCCCCCCCCCCCCCCC. The second-order valence-corrected chi connectivity index (χ2v) is 18.9. The second kappa shape index (κ2) is 51.8. The molecule has 1 unspecified atom stereocenters. The van der Waals surface area contributed by atoms with Crippen molar-refractivity contribution < 1.29 is 28.6 Å². The molecule has 0 rings (SSSR count). The molecule has 0 radical (unpaired) electrons. The van der Waals surface area contributed by atoms with Crippen molar-refractivity contribution in [3.05, 3.63) is 12.2 Å². The van der Waals surface area contributed by atoms with Crippen LogP contribution < -0.4 is 0 Å². The lowest BCUT2D eigenvalue weighted by Crippen LogP contribution is -2.30. The first-order chi connectivity index (χ1) is 30.5. The van der Waals surface area contributed by atoms with Crippen molar-refractivity contribution in [1.29, 1.82) is 0 Å². The van der Waals surface area contributed by atoms with E-state index in [9.17, 15) is 14.4 Å². The molecule has 0 aromatic carbocycles. The molecule has 0 aromatic heterocycles. The molecule has 0 aliphatic rings. The Labute approximate surface area is 386 Å². The largest absolute Gasteiger partial charge is 0.462 e. The van der Waals surface area contributed by atoms with E-state index in [4.69, 9.17) is 14.2 Å². The monoisotopic (exact) mass is 875 g/mol. The maximum Gasteiger partial charge on any atom is 0.306 e. The maximum absolute atomic E-state index is 12.8. The Balaban J connectivity index is 4.26. The summed E-state index contributed by atoms with van der Waals surface area (Å²) in [6.07, 6.45) is 57.7.